The zero-order valence-corrected chi connectivity index (χ0v) is 10.2. The van der Waals surface area contributed by atoms with Crippen LogP contribution in [-0.4, -0.2) is 19.6 Å². The molecular formula is C9H12BrN5. The van der Waals surface area contributed by atoms with Crippen molar-refractivity contribution in [1.29, 1.82) is 0 Å². The summed E-state index contributed by atoms with van der Waals surface area (Å²) < 4.78 is 4.66. The normalized spacial score (nSPS) is 10.9. The Labute approximate surface area is 96.0 Å². The van der Waals surface area contributed by atoms with Crippen LogP contribution in [-0.2, 0) is 13.6 Å². The third kappa shape index (κ3) is 1.90. The van der Waals surface area contributed by atoms with E-state index < -0.39 is 0 Å². The van der Waals surface area contributed by atoms with Gasteiger partial charge in [-0.1, -0.05) is 0 Å². The molecule has 0 unspecified atom stereocenters. The van der Waals surface area contributed by atoms with Crippen LogP contribution in [0.1, 0.15) is 11.4 Å². The molecule has 5 nitrogen and oxygen atoms in total. The van der Waals surface area contributed by atoms with E-state index in [2.05, 4.69) is 26.1 Å². The number of rotatable bonds is 2. The van der Waals surface area contributed by atoms with Gasteiger partial charge in [-0.15, -0.1) is 0 Å². The van der Waals surface area contributed by atoms with Crippen LogP contribution in [0.2, 0.25) is 0 Å². The largest absolute Gasteiger partial charge is 0.396 e. The van der Waals surface area contributed by atoms with Gasteiger partial charge in [-0.25, -0.2) is 0 Å². The summed E-state index contributed by atoms with van der Waals surface area (Å²) in [5, 5.41) is 8.44. The molecule has 0 aliphatic rings. The maximum Gasteiger partial charge on any atom is 0.0840 e. The van der Waals surface area contributed by atoms with Gasteiger partial charge in [-0.2, -0.15) is 10.2 Å². The van der Waals surface area contributed by atoms with E-state index in [0.29, 0.717) is 12.2 Å². The van der Waals surface area contributed by atoms with E-state index in [9.17, 15) is 0 Å². The molecule has 0 aliphatic carbocycles. The van der Waals surface area contributed by atoms with Crippen LogP contribution < -0.4 is 5.73 Å². The number of anilines is 1. The summed E-state index contributed by atoms with van der Waals surface area (Å²) in [6.07, 6.45) is 3.44. The standard InChI is InChI=1S/C9H12BrN5/c1-6-9(10)8(14(2)13-6)5-15-4-7(11)3-12-15/h3-4H,5,11H2,1-2H3. The predicted octanol–water partition coefficient (Wildman–Crippen LogP) is 1.32. The lowest BCUT2D eigenvalue weighted by Gasteiger charge is -2.02. The molecule has 0 spiro atoms. The molecule has 15 heavy (non-hydrogen) atoms. The van der Waals surface area contributed by atoms with Crippen molar-refractivity contribution in [1.82, 2.24) is 19.6 Å². The van der Waals surface area contributed by atoms with E-state index in [-0.39, 0.29) is 0 Å². The number of hydrogen-bond acceptors (Lipinski definition) is 3. The molecule has 2 aromatic rings. The minimum absolute atomic E-state index is 0.662. The van der Waals surface area contributed by atoms with Gasteiger partial charge in [-0.05, 0) is 22.9 Å². The average Bonchev–Trinajstić information content (AvgIpc) is 2.67. The van der Waals surface area contributed by atoms with Crippen LogP contribution in [0.3, 0.4) is 0 Å². The number of nitrogen functional groups attached to an aromatic ring is 1. The zero-order chi connectivity index (χ0) is 11.0. The minimum atomic E-state index is 0.662. The van der Waals surface area contributed by atoms with Crippen molar-refractivity contribution in [2.45, 2.75) is 13.5 Å². The van der Waals surface area contributed by atoms with Gasteiger partial charge in [0.15, 0.2) is 0 Å². The lowest BCUT2D eigenvalue weighted by atomic mass is 10.3. The van der Waals surface area contributed by atoms with Gasteiger partial charge in [0, 0.05) is 13.2 Å². The van der Waals surface area contributed by atoms with Gasteiger partial charge >= 0.3 is 0 Å². The summed E-state index contributed by atoms with van der Waals surface area (Å²) in [5.74, 6) is 0. The maximum absolute atomic E-state index is 5.60. The first-order valence-electron chi connectivity index (χ1n) is 4.54. The van der Waals surface area contributed by atoms with Crippen LogP contribution in [0, 0.1) is 6.92 Å². The van der Waals surface area contributed by atoms with E-state index in [4.69, 9.17) is 5.73 Å². The Morgan fingerprint density at radius 1 is 1.53 bits per heavy atom. The molecule has 0 aliphatic heterocycles. The molecule has 0 radical (unpaired) electrons. The molecule has 2 aromatic heterocycles. The van der Waals surface area contributed by atoms with Gasteiger partial charge in [0.25, 0.3) is 0 Å². The summed E-state index contributed by atoms with van der Waals surface area (Å²) in [4.78, 5) is 0. The van der Waals surface area contributed by atoms with E-state index >= 15 is 0 Å². The summed E-state index contributed by atoms with van der Waals surface area (Å²) in [6.45, 7) is 2.63. The highest BCUT2D eigenvalue weighted by molar-refractivity contribution is 9.10. The molecule has 2 rings (SSSR count). The number of aryl methyl sites for hydroxylation is 2. The van der Waals surface area contributed by atoms with Crippen LogP contribution in [0.4, 0.5) is 5.69 Å². The molecule has 0 bridgehead atoms. The first-order valence-corrected chi connectivity index (χ1v) is 5.33. The first-order chi connectivity index (χ1) is 7.08. The molecular weight excluding hydrogens is 258 g/mol. The summed E-state index contributed by atoms with van der Waals surface area (Å²) in [5.41, 5.74) is 8.33. The average molecular weight is 270 g/mol. The van der Waals surface area contributed by atoms with Gasteiger partial charge in [0.05, 0.1) is 34.3 Å². The van der Waals surface area contributed by atoms with Crippen LogP contribution in [0.15, 0.2) is 16.9 Å². The van der Waals surface area contributed by atoms with E-state index in [1.54, 1.807) is 17.1 Å². The quantitative estimate of drug-likeness (QED) is 0.895. The molecule has 2 heterocycles. The molecule has 80 valence electrons. The van der Waals surface area contributed by atoms with Gasteiger partial charge < -0.3 is 5.73 Å². The van der Waals surface area contributed by atoms with Crippen molar-refractivity contribution in [3.63, 3.8) is 0 Å². The fraction of sp³-hybridized carbons (Fsp3) is 0.333. The number of hydrogen-bond donors (Lipinski definition) is 1. The smallest absolute Gasteiger partial charge is 0.0840 e. The van der Waals surface area contributed by atoms with E-state index in [1.807, 2.05) is 18.7 Å². The third-order valence-corrected chi connectivity index (χ3v) is 3.26. The highest BCUT2D eigenvalue weighted by atomic mass is 79.9. The van der Waals surface area contributed by atoms with Crippen molar-refractivity contribution in [2.24, 2.45) is 7.05 Å². The Kier molecular flexibility index (Phi) is 2.52. The van der Waals surface area contributed by atoms with Crippen molar-refractivity contribution in [3.05, 3.63) is 28.3 Å². The van der Waals surface area contributed by atoms with Gasteiger partial charge in [-0.3, -0.25) is 9.36 Å². The second kappa shape index (κ2) is 3.69. The second-order valence-corrected chi connectivity index (χ2v) is 4.23. The van der Waals surface area contributed by atoms with Gasteiger partial charge in [0.2, 0.25) is 0 Å². The molecule has 0 saturated carbocycles. The van der Waals surface area contributed by atoms with Crippen molar-refractivity contribution < 1.29 is 0 Å². The van der Waals surface area contributed by atoms with Crippen LogP contribution in [0.5, 0.6) is 0 Å². The summed E-state index contributed by atoms with van der Waals surface area (Å²) in [7, 11) is 1.92. The maximum atomic E-state index is 5.60. The number of nitrogens with zero attached hydrogens (tertiary/aromatic N) is 4. The molecule has 2 N–H and O–H groups in total. The fourth-order valence-electron chi connectivity index (χ4n) is 1.47. The predicted molar refractivity (Wildman–Crippen MR) is 61.4 cm³/mol. The highest BCUT2D eigenvalue weighted by Gasteiger charge is 2.11. The van der Waals surface area contributed by atoms with Gasteiger partial charge in [0.1, 0.15) is 0 Å². The van der Waals surface area contributed by atoms with Crippen LogP contribution >= 0.6 is 15.9 Å². The lowest BCUT2D eigenvalue weighted by molar-refractivity contribution is 0.617. The van der Waals surface area contributed by atoms with E-state index in [1.165, 1.54) is 0 Å². The fourth-order valence-corrected chi connectivity index (χ4v) is 1.93. The van der Waals surface area contributed by atoms with Crippen molar-refractivity contribution in [2.75, 3.05) is 5.73 Å². The first kappa shape index (κ1) is 10.2. The van der Waals surface area contributed by atoms with Crippen molar-refractivity contribution in [3.8, 4) is 0 Å². The molecule has 0 atom stereocenters. The topological polar surface area (TPSA) is 61.7 Å². The Morgan fingerprint density at radius 3 is 2.73 bits per heavy atom. The molecule has 0 saturated heterocycles. The Morgan fingerprint density at radius 2 is 2.27 bits per heavy atom. The highest BCUT2D eigenvalue weighted by Crippen LogP contribution is 2.20. The molecule has 6 heteroatoms. The lowest BCUT2D eigenvalue weighted by Crippen LogP contribution is -2.06. The second-order valence-electron chi connectivity index (χ2n) is 3.44. The minimum Gasteiger partial charge on any atom is -0.396 e. The summed E-state index contributed by atoms with van der Waals surface area (Å²) in [6, 6.07) is 0. The Hall–Kier alpha value is -1.30. The number of halogens is 1. The van der Waals surface area contributed by atoms with Crippen LogP contribution in [0.25, 0.3) is 0 Å². The zero-order valence-electron chi connectivity index (χ0n) is 8.61. The Bertz CT molecular complexity index is 485. The number of aromatic nitrogens is 4. The monoisotopic (exact) mass is 269 g/mol. The summed E-state index contributed by atoms with van der Waals surface area (Å²) >= 11 is 3.51. The molecule has 0 amide bonds. The third-order valence-electron chi connectivity index (χ3n) is 2.23. The number of nitrogens with two attached hydrogens (primary N) is 1. The van der Waals surface area contributed by atoms with E-state index in [0.717, 1.165) is 15.9 Å². The molecule has 0 aromatic carbocycles. The SMILES string of the molecule is Cc1nn(C)c(Cn2cc(N)cn2)c1Br. The van der Waals surface area contributed by atoms with Crippen molar-refractivity contribution >= 4 is 21.6 Å². The Balaban J connectivity index is 2.31. The molecule has 0 fully saturated rings.